The Kier molecular flexibility index (Phi) is 5.56. The number of amides is 2. The molecule has 124 valence electrons. The molecule has 0 spiro atoms. The first-order valence-electron chi connectivity index (χ1n) is 7.39. The summed E-state index contributed by atoms with van der Waals surface area (Å²) >= 11 is 0. The number of nitrogens with zero attached hydrogens (tertiary/aromatic N) is 1. The van der Waals surface area contributed by atoms with Gasteiger partial charge in [-0.3, -0.25) is 14.4 Å². The minimum Gasteiger partial charge on any atom is -0.484 e. The van der Waals surface area contributed by atoms with E-state index in [4.69, 9.17) is 15.2 Å². The van der Waals surface area contributed by atoms with Gasteiger partial charge in [0.1, 0.15) is 5.75 Å². The van der Waals surface area contributed by atoms with Crippen LogP contribution >= 0.6 is 0 Å². The number of primary amides is 1. The maximum atomic E-state index is 12.5. The molecule has 7 heteroatoms. The van der Waals surface area contributed by atoms with Crippen LogP contribution in [0.5, 0.6) is 5.75 Å². The van der Waals surface area contributed by atoms with Crippen LogP contribution in [-0.4, -0.2) is 49.5 Å². The third-order valence-electron chi connectivity index (χ3n) is 3.73. The Hall–Kier alpha value is -2.57. The standard InChI is InChI=1S/C16H20N2O5/c1-22-16(21)12-3-2-8-18(9-12)15(20)11-4-6-13(7-5-11)23-10-14(17)19/h4-7,12H,2-3,8-10H2,1H3,(H2,17,19). The summed E-state index contributed by atoms with van der Waals surface area (Å²) in [6.45, 7) is 0.776. The van der Waals surface area contributed by atoms with Crippen molar-refractivity contribution in [2.75, 3.05) is 26.8 Å². The Morgan fingerprint density at radius 3 is 2.57 bits per heavy atom. The van der Waals surface area contributed by atoms with Crippen molar-refractivity contribution in [3.63, 3.8) is 0 Å². The second-order valence-electron chi connectivity index (χ2n) is 5.39. The highest BCUT2D eigenvalue weighted by Gasteiger charge is 2.29. The monoisotopic (exact) mass is 320 g/mol. The molecule has 0 radical (unpaired) electrons. The zero-order chi connectivity index (χ0) is 16.8. The Labute approximate surface area is 134 Å². The molecule has 2 rings (SSSR count). The van der Waals surface area contributed by atoms with Crippen molar-refractivity contribution in [2.45, 2.75) is 12.8 Å². The molecular formula is C16H20N2O5. The number of ether oxygens (including phenoxy) is 2. The number of piperidine rings is 1. The smallest absolute Gasteiger partial charge is 0.310 e. The van der Waals surface area contributed by atoms with Crippen LogP contribution < -0.4 is 10.5 Å². The lowest BCUT2D eigenvalue weighted by Gasteiger charge is -2.31. The fourth-order valence-electron chi connectivity index (χ4n) is 2.55. The number of likely N-dealkylation sites (tertiary alicyclic amines) is 1. The summed E-state index contributed by atoms with van der Waals surface area (Å²) in [5, 5.41) is 0. The van der Waals surface area contributed by atoms with Crippen molar-refractivity contribution >= 4 is 17.8 Å². The lowest BCUT2D eigenvalue weighted by Crippen LogP contribution is -2.42. The van der Waals surface area contributed by atoms with Crippen molar-refractivity contribution < 1.29 is 23.9 Å². The van der Waals surface area contributed by atoms with Crippen LogP contribution in [0.3, 0.4) is 0 Å². The normalized spacial score (nSPS) is 17.4. The summed E-state index contributed by atoms with van der Waals surface area (Å²) in [6, 6.07) is 6.47. The SMILES string of the molecule is COC(=O)C1CCCN(C(=O)c2ccc(OCC(N)=O)cc2)C1. The van der Waals surface area contributed by atoms with E-state index < -0.39 is 5.91 Å². The van der Waals surface area contributed by atoms with Crippen LogP contribution in [-0.2, 0) is 14.3 Å². The number of carbonyl (C=O) groups is 3. The van der Waals surface area contributed by atoms with Gasteiger partial charge in [-0.2, -0.15) is 0 Å². The van der Waals surface area contributed by atoms with Gasteiger partial charge in [-0.05, 0) is 37.1 Å². The third kappa shape index (κ3) is 4.45. The van der Waals surface area contributed by atoms with Crippen molar-refractivity contribution in [3.05, 3.63) is 29.8 Å². The Morgan fingerprint density at radius 1 is 1.26 bits per heavy atom. The molecule has 0 saturated carbocycles. The van der Waals surface area contributed by atoms with Gasteiger partial charge in [0, 0.05) is 18.7 Å². The summed E-state index contributed by atoms with van der Waals surface area (Å²) in [4.78, 5) is 36.4. The number of nitrogens with two attached hydrogens (primary N) is 1. The zero-order valence-corrected chi connectivity index (χ0v) is 13.0. The predicted octanol–water partition coefficient (Wildman–Crippen LogP) is 0.576. The van der Waals surface area contributed by atoms with Gasteiger partial charge in [-0.1, -0.05) is 0 Å². The molecule has 2 amide bonds. The van der Waals surface area contributed by atoms with E-state index in [0.717, 1.165) is 12.8 Å². The molecule has 1 fully saturated rings. The Balaban J connectivity index is 1.99. The molecular weight excluding hydrogens is 300 g/mol. The van der Waals surface area contributed by atoms with Gasteiger partial charge < -0.3 is 20.1 Å². The van der Waals surface area contributed by atoms with Crippen LogP contribution in [0.4, 0.5) is 0 Å². The second kappa shape index (κ2) is 7.62. The van der Waals surface area contributed by atoms with E-state index in [0.29, 0.717) is 24.4 Å². The van der Waals surface area contributed by atoms with Gasteiger partial charge in [0.15, 0.2) is 6.61 Å². The first-order chi connectivity index (χ1) is 11.0. The van der Waals surface area contributed by atoms with Gasteiger partial charge in [0.05, 0.1) is 13.0 Å². The number of methoxy groups -OCH3 is 1. The van der Waals surface area contributed by atoms with E-state index in [1.165, 1.54) is 7.11 Å². The molecule has 1 aliphatic rings. The third-order valence-corrected chi connectivity index (χ3v) is 3.73. The van der Waals surface area contributed by atoms with Crippen LogP contribution in [0.15, 0.2) is 24.3 Å². The molecule has 23 heavy (non-hydrogen) atoms. The molecule has 0 aliphatic carbocycles. The van der Waals surface area contributed by atoms with Crippen molar-refractivity contribution in [3.8, 4) is 5.75 Å². The minimum absolute atomic E-state index is 0.139. The van der Waals surface area contributed by atoms with E-state index in [2.05, 4.69) is 0 Å². The molecule has 1 aromatic rings. The Morgan fingerprint density at radius 2 is 1.96 bits per heavy atom. The second-order valence-corrected chi connectivity index (χ2v) is 5.39. The van der Waals surface area contributed by atoms with Crippen molar-refractivity contribution in [1.29, 1.82) is 0 Å². The van der Waals surface area contributed by atoms with Crippen LogP contribution in [0.25, 0.3) is 0 Å². The molecule has 1 aromatic carbocycles. The topological polar surface area (TPSA) is 98.9 Å². The summed E-state index contributed by atoms with van der Waals surface area (Å²) in [5.41, 5.74) is 5.50. The Bertz CT molecular complexity index is 585. The molecule has 1 aliphatic heterocycles. The lowest BCUT2D eigenvalue weighted by atomic mass is 9.97. The predicted molar refractivity (Wildman–Crippen MR) is 81.8 cm³/mol. The summed E-state index contributed by atoms with van der Waals surface area (Å²) in [7, 11) is 1.36. The maximum absolute atomic E-state index is 12.5. The quantitative estimate of drug-likeness (QED) is 0.800. The summed E-state index contributed by atoms with van der Waals surface area (Å²) in [5.74, 6) is -0.785. The van der Waals surface area contributed by atoms with Crippen molar-refractivity contribution in [1.82, 2.24) is 4.90 Å². The fraction of sp³-hybridized carbons (Fsp3) is 0.438. The molecule has 1 heterocycles. The highest BCUT2D eigenvalue weighted by Crippen LogP contribution is 2.20. The number of benzene rings is 1. The zero-order valence-electron chi connectivity index (χ0n) is 13.0. The van der Waals surface area contributed by atoms with E-state index >= 15 is 0 Å². The largest absolute Gasteiger partial charge is 0.484 e. The van der Waals surface area contributed by atoms with Crippen LogP contribution in [0, 0.1) is 5.92 Å². The number of carbonyl (C=O) groups excluding carboxylic acids is 3. The average molecular weight is 320 g/mol. The van der Waals surface area contributed by atoms with E-state index in [-0.39, 0.29) is 24.4 Å². The highest BCUT2D eigenvalue weighted by atomic mass is 16.5. The number of hydrogen-bond donors (Lipinski definition) is 1. The van der Waals surface area contributed by atoms with Gasteiger partial charge in [0.2, 0.25) is 0 Å². The molecule has 1 atom stereocenters. The van der Waals surface area contributed by atoms with Gasteiger partial charge >= 0.3 is 5.97 Å². The van der Waals surface area contributed by atoms with Gasteiger partial charge in [-0.25, -0.2) is 0 Å². The summed E-state index contributed by atoms with van der Waals surface area (Å²) < 4.78 is 9.90. The number of esters is 1. The first kappa shape index (κ1) is 16.8. The van der Waals surface area contributed by atoms with Gasteiger partial charge in [0.25, 0.3) is 11.8 Å². The minimum atomic E-state index is -0.563. The molecule has 0 aromatic heterocycles. The van der Waals surface area contributed by atoms with Gasteiger partial charge in [-0.15, -0.1) is 0 Å². The van der Waals surface area contributed by atoms with Crippen LogP contribution in [0.2, 0.25) is 0 Å². The number of rotatable bonds is 5. The van der Waals surface area contributed by atoms with E-state index in [1.807, 2.05) is 0 Å². The molecule has 2 N–H and O–H groups in total. The molecule has 0 bridgehead atoms. The molecule has 1 saturated heterocycles. The molecule has 7 nitrogen and oxygen atoms in total. The molecule has 1 unspecified atom stereocenters. The average Bonchev–Trinajstić information content (AvgIpc) is 2.59. The summed E-state index contributed by atoms with van der Waals surface area (Å²) in [6.07, 6.45) is 1.50. The maximum Gasteiger partial charge on any atom is 0.310 e. The first-order valence-corrected chi connectivity index (χ1v) is 7.39. The number of hydrogen-bond acceptors (Lipinski definition) is 5. The lowest BCUT2D eigenvalue weighted by molar-refractivity contribution is -0.146. The van der Waals surface area contributed by atoms with Crippen molar-refractivity contribution in [2.24, 2.45) is 11.7 Å². The van der Waals surface area contributed by atoms with E-state index in [9.17, 15) is 14.4 Å². The van der Waals surface area contributed by atoms with Crippen LogP contribution in [0.1, 0.15) is 23.2 Å². The van der Waals surface area contributed by atoms with E-state index in [1.54, 1.807) is 29.2 Å². The highest BCUT2D eigenvalue weighted by molar-refractivity contribution is 5.94. The fourth-order valence-corrected chi connectivity index (χ4v) is 2.55.